The number of anilines is 2. The minimum atomic E-state index is -4.66. The van der Waals surface area contributed by atoms with Crippen molar-refractivity contribution < 1.29 is 18.0 Å². The first-order valence-corrected chi connectivity index (χ1v) is 7.43. The number of carbonyl (C=O) groups is 1. The molecule has 0 unspecified atom stereocenters. The lowest BCUT2D eigenvalue weighted by Crippen LogP contribution is -2.26. The zero-order valence-electron chi connectivity index (χ0n) is 13.3. The van der Waals surface area contributed by atoms with E-state index in [1.807, 2.05) is 0 Å². The van der Waals surface area contributed by atoms with Gasteiger partial charge in [0.1, 0.15) is 11.5 Å². The van der Waals surface area contributed by atoms with Gasteiger partial charge in [0.25, 0.3) is 0 Å². The number of hydrogen-bond acceptors (Lipinski definition) is 3. The highest BCUT2D eigenvalue weighted by molar-refractivity contribution is 6.33. The van der Waals surface area contributed by atoms with Crippen molar-refractivity contribution in [3.63, 3.8) is 0 Å². The molecule has 1 aromatic carbocycles. The third-order valence-electron chi connectivity index (χ3n) is 3.33. The first-order valence-electron chi connectivity index (χ1n) is 7.05. The molecule has 132 valence electrons. The summed E-state index contributed by atoms with van der Waals surface area (Å²) < 4.78 is 39.2. The van der Waals surface area contributed by atoms with Crippen LogP contribution in [0.5, 0.6) is 0 Å². The molecule has 2 rings (SSSR count). The van der Waals surface area contributed by atoms with Gasteiger partial charge >= 0.3 is 6.18 Å². The van der Waals surface area contributed by atoms with Gasteiger partial charge in [-0.05, 0) is 24.3 Å². The van der Waals surface area contributed by atoms with Gasteiger partial charge in [-0.1, -0.05) is 23.7 Å². The summed E-state index contributed by atoms with van der Waals surface area (Å²) in [4.78, 5) is 20.2. The first-order chi connectivity index (χ1) is 11.8. The Kier molecular flexibility index (Phi) is 5.63. The number of halogens is 4. The lowest BCUT2D eigenvalue weighted by atomic mass is 10.1. The Morgan fingerprint density at radius 1 is 1.28 bits per heavy atom. The van der Waals surface area contributed by atoms with E-state index in [1.54, 1.807) is 19.2 Å². The van der Waals surface area contributed by atoms with Crippen molar-refractivity contribution in [3.05, 3.63) is 52.7 Å². The smallest absolute Gasteiger partial charge is 0.373 e. The van der Waals surface area contributed by atoms with Crippen molar-refractivity contribution in [3.8, 4) is 0 Å². The van der Waals surface area contributed by atoms with Gasteiger partial charge in [-0.2, -0.15) is 13.2 Å². The molecule has 0 atom stereocenters. The first kappa shape index (κ1) is 18.7. The van der Waals surface area contributed by atoms with E-state index in [2.05, 4.69) is 15.3 Å². The molecule has 0 radical (unpaired) electrons. The number of aromatic nitrogens is 1. The van der Waals surface area contributed by atoms with E-state index < -0.39 is 11.9 Å². The zero-order valence-corrected chi connectivity index (χ0v) is 14.1. The van der Waals surface area contributed by atoms with Gasteiger partial charge in [0.05, 0.1) is 16.3 Å². The second-order valence-corrected chi connectivity index (χ2v) is 5.22. The van der Waals surface area contributed by atoms with Crippen molar-refractivity contribution >= 4 is 35.4 Å². The fraction of sp³-hybridized carbons (Fsp3) is 0.188. The Morgan fingerprint density at radius 3 is 2.48 bits per heavy atom. The lowest BCUT2D eigenvalue weighted by Gasteiger charge is -2.22. The third-order valence-corrected chi connectivity index (χ3v) is 3.65. The van der Waals surface area contributed by atoms with Crippen LogP contribution < -0.4 is 10.2 Å². The highest BCUT2D eigenvalue weighted by Crippen LogP contribution is 2.35. The SMILES string of the molecule is CN=C(NC)c1ccc(C(F)(F)F)nc1N(C=O)c1ccccc1Cl. The number of pyridine rings is 1. The van der Waals surface area contributed by atoms with Gasteiger partial charge in [-0.25, -0.2) is 4.98 Å². The van der Waals surface area contributed by atoms with E-state index >= 15 is 0 Å². The van der Waals surface area contributed by atoms with Crippen LogP contribution in [-0.4, -0.2) is 31.3 Å². The molecule has 0 aliphatic heterocycles. The van der Waals surface area contributed by atoms with Crippen molar-refractivity contribution in [2.45, 2.75) is 6.18 Å². The molecule has 0 saturated heterocycles. The van der Waals surface area contributed by atoms with Crippen LogP contribution >= 0.6 is 11.6 Å². The molecule has 1 heterocycles. The predicted molar refractivity (Wildman–Crippen MR) is 90.4 cm³/mol. The zero-order chi connectivity index (χ0) is 18.6. The van der Waals surface area contributed by atoms with Gasteiger partial charge in [0.15, 0.2) is 5.82 Å². The molecule has 1 amide bonds. The average Bonchev–Trinajstić information content (AvgIpc) is 2.58. The van der Waals surface area contributed by atoms with E-state index in [1.165, 1.54) is 25.2 Å². The largest absolute Gasteiger partial charge is 0.433 e. The number of nitrogens with zero attached hydrogens (tertiary/aromatic N) is 3. The number of amides is 1. The van der Waals surface area contributed by atoms with Gasteiger partial charge in [-0.15, -0.1) is 0 Å². The van der Waals surface area contributed by atoms with E-state index in [0.29, 0.717) is 6.41 Å². The summed E-state index contributed by atoms with van der Waals surface area (Å²) in [7, 11) is 3.03. The molecule has 2 aromatic rings. The van der Waals surface area contributed by atoms with Crippen LogP contribution in [0.4, 0.5) is 24.7 Å². The number of alkyl halides is 3. The normalized spacial score (nSPS) is 12.0. The van der Waals surface area contributed by atoms with Crippen LogP contribution in [0.15, 0.2) is 41.4 Å². The Balaban J connectivity index is 2.74. The number of para-hydroxylation sites is 1. The minimum Gasteiger partial charge on any atom is -0.373 e. The van der Waals surface area contributed by atoms with Gasteiger partial charge < -0.3 is 5.32 Å². The summed E-state index contributed by atoms with van der Waals surface area (Å²) in [6, 6.07) is 8.31. The highest BCUT2D eigenvalue weighted by Gasteiger charge is 2.34. The number of nitrogens with one attached hydrogen (secondary N) is 1. The Morgan fingerprint density at radius 2 is 1.96 bits per heavy atom. The van der Waals surface area contributed by atoms with Gasteiger partial charge in [0.2, 0.25) is 6.41 Å². The fourth-order valence-electron chi connectivity index (χ4n) is 2.21. The van der Waals surface area contributed by atoms with Crippen molar-refractivity contribution in [1.82, 2.24) is 10.3 Å². The minimum absolute atomic E-state index is 0.194. The van der Waals surface area contributed by atoms with Crippen LogP contribution in [-0.2, 0) is 11.0 Å². The van der Waals surface area contributed by atoms with Crippen LogP contribution in [0.3, 0.4) is 0 Å². The quantitative estimate of drug-likeness (QED) is 0.508. The van der Waals surface area contributed by atoms with Gasteiger partial charge in [-0.3, -0.25) is 14.7 Å². The van der Waals surface area contributed by atoms with Crippen molar-refractivity contribution in [2.24, 2.45) is 4.99 Å². The van der Waals surface area contributed by atoms with E-state index in [9.17, 15) is 18.0 Å². The molecule has 9 heteroatoms. The Labute approximate surface area is 147 Å². The number of hydrogen-bond donors (Lipinski definition) is 1. The van der Waals surface area contributed by atoms with Crippen LogP contribution in [0.1, 0.15) is 11.3 Å². The molecule has 0 fully saturated rings. The number of rotatable bonds is 4. The Bertz CT molecular complexity index is 808. The fourth-order valence-corrected chi connectivity index (χ4v) is 2.44. The molecule has 0 aliphatic rings. The maximum Gasteiger partial charge on any atom is 0.433 e. The molecule has 1 N–H and O–H groups in total. The van der Waals surface area contributed by atoms with Crippen molar-refractivity contribution in [1.29, 1.82) is 0 Å². The maximum atomic E-state index is 13.1. The second kappa shape index (κ2) is 7.52. The molecule has 0 saturated carbocycles. The van der Waals surface area contributed by atoms with E-state index in [0.717, 1.165) is 11.0 Å². The Hall–Kier alpha value is -2.61. The van der Waals surface area contributed by atoms with E-state index in [4.69, 9.17) is 11.6 Å². The standard InChI is InChI=1S/C16H14ClF3N4O/c1-21-14(22-2)10-7-8-13(16(18,19)20)23-15(10)24(9-25)12-6-4-3-5-11(12)17/h3-9H,1-2H3,(H,21,22). The number of aliphatic imine (C=N–C) groups is 1. The number of benzene rings is 1. The summed E-state index contributed by atoms with van der Waals surface area (Å²) in [6.07, 6.45) is -4.30. The maximum absolute atomic E-state index is 13.1. The molecule has 0 bridgehead atoms. The molecular formula is C16H14ClF3N4O. The molecule has 0 spiro atoms. The summed E-state index contributed by atoms with van der Waals surface area (Å²) in [5, 5.41) is 2.96. The molecule has 0 aliphatic carbocycles. The third kappa shape index (κ3) is 3.90. The molecule has 25 heavy (non-hydrogen) atoms. The van der Waals surface area contributed by atoms with Crippen molar-refractivity contribution in [2.75, 3.05) is 19.0 Å². The summed E-state index contributed by atoms with van der Waals surface area (Å²) in [6.45, 7) is 0. The number of carbonyl (C=O) groups excluding carboxylic acids is 1. The van der Waals surface area contributed by atoms with Crippen LogP contribution in [0.25, 0.3) is 0 Å². The van der Waals surface area contributed by atoms with Gasteiger partial charge in [0, 0.05) is 14.1 Å². The van der Waals surface area contributed by atoms with Crippen LogP contribution in [0.2, 0.25) is 5.02 Å². The highest BCUT2D eigenvalue weighted by atomic mass is 35.5. The average molecular weight is 371 g/mol. The van der Waals surface area contributed by atoms with E-state index in [-0.39, 0.29) is 27.9 Å². The molecular weight excluding hydrogens is 357 g/mol. The predicted octanol–water partition coefficient (Wildman–Crippen LogP) is 3.64. The summed E-state index contributed by atoms with van der Waals surface area (Å²) in [5.74, 6) is 0.0444. The lowest BCUT2D eigenvalue weighted by molar-refractivity contribution is -0.141. The number of amidine groups is 1. The summed E-state index contributed by atoms with van der Waals surface area (Å²) in [5.41, 5.74) is -0.694. The van der Waals surface area contributed by atoms with Crippen LogP contribution in [0, 0.1) is 0 Å². The topological polar surface area (TPSA) is 57.6 Å². The monoisotopic (exact) mass is 370 g/mol. The molecule has 5 nitrogen and oxygen atoms in total. The second-order valence-electron chi connectivity index (χ2n) is 4.81. The molecule has 1 aromatic heterocycles. The summed E-state index contributed by atoms with van der Waals surface area (Å²) >= 11 is 6.08.